The molecular weight excluding hydrogens is 675 g/mol. The maximum Gasteiger partial charge on any atom is 0.138 e. The average Bonchev–Trinajstić information content (AvgIpc) is 3.79. The van der Waals surface area contributed by atoms with E-state index in [9.17, 15) is 0 Å². The lowest BCUT2D eigenvalue weighted by atomic mass is 9.94. The minimum Gasteiger partial charge on any atom is -0.294 e. The van der Waals surface area contributed by atoms with E-state index in [1.54, 1.807) is 0 Å². The van der Waals surface area contributed by atoms with Crippen LogP contribution in [-0.2, 0) is 0 Å². The fraction of sp³-hybridized carbons (Fsp3) is 0. The summed E-state index contributed by atoms with van der Waals surface area (Å²) >= 11 is 1.88. The van der Waals surface area contributed by atoms with E-state index in [0.29, 0.717) is 0 Å². The molecule has 8 aromatic carbocycles. The van der Waals surface area contributed by atoms with Crippen molar-refractivity contribution in [2.75, 3.05) is 0 Å². The fourth-order valence-electron chi connectivity index (χ4n) is 8.79. The Hall–Kier alpha value is -6.88. The summed E-state index contributed by atoms with van der Waals surface area (Å²) in [6, 6.07) is 63.3. The smallest absolute Gasteiger partial charge is 0.138 e. The standard InChI is InChI=1S/C50H29N3S/c1-2-14-30(15-3-1)47-33-17-5-4-16-31(33)29-44(51-47)53-41-24-12-10-18-34(41)40-28-32(26-27-42(40)53)48-37-21-8-7-20-36(37)46-49(52-48)38-22-9-6-19-35(38)45-39-23-11-13-25-43(39)54-50(45)46/h1-29H. The third kappa shape index (κ3) is 4.17. The molecule has 54 heavy (non-hydrogen) atoms. The Morgan fingerprint density at radius 1 is 0.389 bits per heavy atom. The first-order chi connectivity index (χ1) is 26.8. The topological polar surface area (TPSA) is 30.7 Å². The van der Waals surface area contributed by atoms with Gasteiger partial charge in [0.15, 0.2) is 0 Å². The van der Waals surface area contributed by atoms with Crippen molar-refractivity contribution >= 4 is 96.5 Å². The highest BCUT2D eigenvalue weighted by Crippen LogP contribution is 2.47. The van der Waals surface area contributed by atoms with Crippen LogP contribution in [0.1, 0.15) is 0 Å². The molecule has 12 rings (SSSR count). The molecule has 0 spiro atoms. The maximum atomic E-state index is 5.64. The first kappa shape index (κ1) is 29.7. The second-order valence-corrected chi connectivity index (χ2v) is 15.1. The molecule has 4 heterocycles. The van der Waals surface area contributed by atoms with Gasteiger partial charge in [-0.1, -0.05) is 146 Å². The molecule has 0 bridgehead atoms. The van der Waals surface area contributed by atoms with Gasteiger partial charge >= 0.3 is 0 Å². The van der Waals surface area contributed by atoms with E-state index >= 15 is 0 Å². The first-order valence-corrected chi connectivity index (χ1v) is 19.2. The van der Waals surface area contributed by atoms with Gasteiger partial charge in [-0.05, 0) is 46.5 Å². The molecule has 0 N–H and O–H groups in total. The summed E-state index contributed by atoms with van der Waals surface area (Å²) in [7, 11) is 0. The van der Waals surface area contributed by atoms with Gasteiger partial charge in [0.2, 0.25) is 0 Å². The zero-order chi connectivity index (χ0) is 35.3. The van der Waals surface area contributed by atoms with Crippen molar-refractivity contribution < 1.29 is 0 Å². The Kier molecular flexibility index (Phi) is 6.21. The number of aromatic nitrogens is 3. The van der Waals surface area contributed by atoms with E-state index in [0.717, 1.165) is 61.0 Å². The summed E-state index contributed by atoms with van der Waals surface area (Å²) < 4.78 is 4.93. The molecule has 3 nitrogen and oxygen atoms in total. The van der Waals surface area contributed by atoms with Gasteiger partial charge in [0, 0.05) is 63.6 Å². The molecule has 4 aromatic heterocycles. The van der Waals surface area contributed by atoms with Gasteiger partial charge in [-0.2, -0.15) is 0 Å². The largest absolute Gasteiger partial charge is 0.294 e. The van der Waals surface area contributed by atoms with Gasteiger partial charge in [0.25, 0.3) is 0 Å². The number of thiophene rings is 1. The summed E-state index contributed by atoms with van der Waals surface area (Å²) in [5, 5.41) is 13.4. The van der Waals surface area contributed by atoms with Crippen LogP contribution in [-0.4, -0.2) is 14.5 Å². The van der Waals surface area contributed by atoms with Gasteiger partial charge in [-0.3, -0.25) is 4.57 Å². The molecule has 4 heteroatoms. The molecule has 12 aromatic rings. The van der Waals surface area contributed by atoms with E-state index in [1.165, 1.54) is 52.5 Å². The summed E-state index contributed by atoms with van der Waals surface area (Å²) in [5.74, 6) is 0.902. The minimum absolute atomic E-state index is 0.902. The van der Waals surface area contributed by atoms with Crippen LogP contribution in [0.5, 0.6) is 0 Å². The lowest BCUT2D eigenvalue weighted by Crippen LogP contribution is -2.00. The van der Waals surface area contributed by atoms with Gasteiger partial charge in [-0.15, -0.1) is 11.3 Å². The molecule has 250 valence electrons. The van der Waals surface area contributed by atoms with E-state index in [1.807, 2.05) is 11.3 Å². The van der Waals surface area contributed by atoms with E-state index in [2.05, 4.69) is 180 Å². The van der Waals surface area contributed by atoms with E-state index in [-0.39, 0.29) is 0 Å². The number of rotatable bonds is 3. The molecule has 0 radical (unpaired) electrons. The molecule has 0 unspecified atom stereocenters. The van der Waals surface area contributed by atoms with Crippen molar-refractivity contribution in [2.45, 2.75) is 0 Å². The third-order valence-corrected chi connectivity index (χ3v) is 12.3. The second-order valence-electron chi connectivity index (χ2n) is 14.1. The highest BCUT2D eigenvalue weighted by Gasteiger charge is 2.21. The first-order valence-electron chi connectivity index (χ1n) is 18.3. The molecule has 0 aliphatic rings. The second kappa shape index (κ2) is 11.3. The van der Waals surface area contributed by atoms with Crippen molar-refractivity contribution in [1.29, 1.82) is 0 Å². The van der Waals surface area contributed by atoms with Crippen molar-refractivity contribution in [2.24, 2.45) is 0 Å². The zero-order valence-electron chi connectivity index (χ0n) is 29.0. The molecule has 0 aliphatic carbocycles. The zero-order valence-corrected chi connectivity index (χ0v) is 29.8. The molecule has 0 atom stereocenters. The highest BCUT2D eigenvalue weighted by molar-refractivity contribution is 7.27. The molecule has 0 amide bonds. The van der Waals surface area contributed by atoms with Crippen molar-refractivity contribution in [3.05, 3.63) is 176 Å². The van der Waals surface area contributed by atoms with Gasteiger partial charge < -0.3 is 0 Å². The highest BCUT2D eigenvalue weighted by atomic mass is 32.1. The summed E-state index contributed by atoms with van der Waals surface area (Å²) in [6.45, 7) is 0. The fourth-order valence-corrected chi connectivity index (χ4v) is 10.1. The Balaban J connectivity index is 1.15. The summed E-state index contributed by atoms with van der Waals surface area (Å²) in [6.07, 6.45) is 0. The van der Waals surface area contributed by atoms with Crippen LogP contribution in [0.4, 0.5) is 0 Å². The number of nitrogens with zero attached hydrogens (tertiary/aromatic N) is 3. The number of pyridine rings is 2. The summed E-state index contributed by atoms with van der Waals surface area (Å²) in [5.41, 5.74) is 7.48. The van der Waals surface area contributed by atoms with Crippen molar-refractivity contribution in [3.63, 3.8) is 0 Å². The van der Waals surface area contributed by atoms with Crippen LogP contribution in [0.25, 0.3) is 114 Å². The minimum atomic E-state index is 0.902. The Bertz CT molecular complexity index is 3500. The van der Waals surface area contributed by atoms with Crippen LogP contribution >= 0.6 is 11.3 Å². The molecule has 0 aliphatic heterocycles. The summed E-state index contributed by atoms with van der Waals surface area (Å²) in [4.78, 5) is 11.0. The lowest BCUT2D eigenvalue weighted by molar-refractivity contribution is 1.09. The number of fused-ring (bicyclic) bond motifs is 14. The average molecular weight is 704 g/mol. The predicted molar refractivity (Wildman–Crippen MR) is 230 cm³/mol. The molecular formula is C50H29N3S. The number of benzene rings is 8. The Morgan fingerprint density at radius 2 is 1.00 bits per heavy atom. The SMILES string of the molecule is c1ccc(-c2nc(-n3c4ccccc4c4cc(-c5nc6c7ccccc7c7c8ccccc8sc7c6c6ccccc56)ccc43)cc3ccccc23)cc1. The van der Waals surface area contributed by atoms with Crippen molar-refractivity contribution in [1.82, 2.24) is 14.5 Å². The van der Waals surface area contributed by atoms with Gasteiger partial charge in [0.1, 0.15) is 5.82 Å². The maximum absolute atomic E-state index is 5.64. The van der Waals surface area contributed by atoms with Crippen LogP contribution < -0.4 is 0 Å². The van der Waals surface area contributed by atoms with E-state index in [4.69, 9.17) is 9.97 Å². The van der Waals surface area contributed by atoms with Crippen LogP contribution in [0.2, 0.25) is 0 Å². The van der Waals surface area contributed by atoms with Gasteiger partial charge in [-0.25, -0.2) is 9.97 Å². The number of hydrogen-bond donors (Lipinski definition) is 0. The van der Waals surface area contributed by atoms with E-state index < -0.39 is 0 Å². The molecule has 0 saturated carbocycles. The Labute approximate surface area is 314 Å². The molecule has 0 saturated heterocycles. The van der Waals surface area contributed by atoms with Crippen LogP contribution in [0.3, 0.4) is 0 Å². The number of para-hydroxylation sites is 1. The lowest BCUT2D eigenvalue weighted by Gasteiger charge is -2.14. The van der Waals surface area contributed by atoms with Crippen LogP contribution in [0.15, 0.2) is 176 Å². The predicted octanol–water partition coefficient (Wildman–Crippen LogP) is 13.9. The normalized spacial score (nSPS) is 12.1. The van der Waals surface area contributed by atoms with Gasteiger partial charge in [0.05, 0.1) is 27.9 Å². The Morgan fingerprint density at radius 3 is 1.83 bits per heavy atom. The van der Waals surface area contributed by atoms with Crippen molar-refractivity contribution in [3.8, 4) is 28.3 Å². The quantitative estimate of drug-likeness (QED) is 0.172. The third-order valence-electron chi connectivity index (χ3n) is 11.1. The molecule has 0 fully saturated rings. The monoisotopic (exact) mass is 703 g/mol. The number of hydrogen-bond acceptors (Lipinski definition) is 3. The van der Waals surface area contributed by atoms with Crippen LogP contribution in [0, 0.1) is 0 Å².